The van der Waals surface area contributed by atoms with Gasteiger partial charge in [-0.25, -0.2) is 23.0 Å². The molecular weight excluding hydrogens is 284 g/mol. The minimum Gasteiger partial charge on any atom is -0.222 e. The summed E-state index contributed by atoms with van der Waals surface area (Å²) in [7, 11) is -4.94. The van der Waals surface area contributed by atoms with Crippen LogP contribution >= 0.6 is 0 Å². The standard InChI is InChI=1S/C13H11N2.ClHO4/c1-10-6-8-14-13-12-5-3-2-4-11(12)7-9-15(10)13;2-1(3,4)5/h2-9H,1H3;(H,2,3,4,5)/q+1;/p-1. The highest BCUT2D eigenvalue weighted by molar-refractivity contribution is 5.91. The van der Waals surface area contributed by atoms with Gasteiger partial charge in [-0.3, -0.25) is 0 Å². The molecule has 0 unspecified atom stereocenters. The van der Waals surface area contributed by atoms with Crippen molar-refractivity contribution < 1.29 is 33.3 Å². The van der Waals surface area contributed by atoms with Crippen molar-refractivity contribution in [2.24, 2.45) is 0 Å². The van der Waals surface area contributed by atoms with Gasteiger partial charge >= 0.3 is 5.65 Å². The van der Waals surface area contributed by atoms with E-state index in [4.69, 9.17) is 18.6 Å². The van der Waals surface area contributed by atoms with Crippen molar-refractivity contribution in [3.05, 3.63) is 54.5 Å². The summed E-state index contributed by atoms with van der Waals surface area (Å²) < 4.78 is 36.1. The SMILES string of the molecule is Cc1ccnc2c3ccccc3cc[n+]12.[O-][Cl+3]([O-])([O-])[O-]. The van der Waals surface area contributed by atoms with Gasteiger partial charge in [0.1, 0.15) is 11.9 Å². The van der Waals surface area contributed by atoms with Crippen molar-refractivity contribution in [1.29, 1.82) is 0 Å². The number of halogens is 1. The summed E-state index contributed by atoms with van der Waals surface area (Å²) in [6.45, 7) is 2.09. The van der Waals surface area contributed by atoms with Crippen molar-refractivity contribution in [1.82, 2.24) is 4.98 Å². The molecular formula is C13H11ClN2O4. The number of rotatable bonds is 0. The Bertz CT molecular complexity index is 737. The Labute approximate surface area is 116 Å². The second-order valence-electron chi connectivity index (χ2n) is 4.06. The number of hydrogen-bond donors (Lipinski definition) is 0. The molecule has 20 heavy (non-hydrogen) atoms. The average Bonchev–Trinajstić information content (AvgIpc) is 2.37. The quantitative estimate of drug-likeness (QED) is 0.337. The van der Waals surface area contributed by atoms with E-state index >= 15 is 0 Å². The monoisotopic (exact) mass is 294 g/mol. The molecule has 0 fully saturated rings. The summed E-state index contributed by atoms with van der Waals surface area (Å²) in [6, 6.07) is 12.5. The molecule has 6 nitrogen and oxygen atoms in total. The molecule has 0 bridgehead atoms. The molecule has 0 radical (unpaired) electrons. The summed E-state index contributed by atoms with van der Waals surface area (Å²) in [4.78, 5) is 4.43. The highest BCUT2D eigenvalue weighted by atomic mass is 35.7. The van der Waals surface area contributed by atoms with Gasteiger partial charge in [0.2, 0.25) is 0 Å². The van der Waals surface area contributed by atoms with Crippen LogP contribution in [0.4, 0.5) is 0 Å². The number of pyridine rings is 1. The highest BCUT2D eigenvalue weighted by Gasteiger charge is 2.09. The van der Waals surface area contributed by atoms with Gasteiger partial charge in [0.15, 0.2) is 0 Å². The second kappa shape index (κ2) is 5.66. The van der Waals surface area contributed by atoms with E-state index in [0.29, 0.717) is 0 Å². The third-order valence-electron chi connectivity index (χ3n) is 2.73. The van der Waals surface area contributed by atoms with E-state index in [1.165, 1.54) is 16.5 Å². The van der Waals surface area contributed by atoms with Crippen molar-refractivity contribution in [3.63, 3.8) is 0 Å². The summed E-state index contributed by atoms with van der Waals surface area (Å²) in [5, 5.41) is 2.43. The zero-order valence-electron chi connectivity index (χ0n) is 10.5. The zero-order chi connectivity index (χ0) is 14.8. The van der Waals surface area contributed by atoms with Crippen LogP contribution in [0.1, 0.15) is 5.69 Å². The summed E-state index contributed by atoms with van der Waals surface area (Å²) in [6.07, 6.45) is 3.93. The van der Waals surface area contributed by atoms with Crippen LogP contribution in [0.2, 0.25) is 0 Å². The molecule has 0 aliphatic carbocycles. The normalized spacial score (nSPS) is 11.2. The number of aromatic nitrogens is 2. The van der Waals surface area contributed by atoms with E-state index in [0.717, 1.165) is 5.65 Å². The number of aryl methyl sites for hydroxylation is 1. The van der Waals surface area contributed by atoms with Gasteiger partial charge < -0.3 is 0 Å². The van der Waals surface area contributed by atoms with Gasteiger partial charge in [-0.1, -0.05) is 18.2 Å². The Morgan fingerprint density at radius 3 is 2.35 bits per heavy atom. The van der Waals surface area contributed by atoms with E-state index in [1.54, 1.807) is 0 Å². The van der Waals surface area contributed by atoms with Crippen LogP contribution in [0.25, 0.3) is 16.4 Å². The first-order valence-electron chi connectivity index (χ1n) is 5.63. The first kappa shape index (κ1) is 14.6. The van der Waals surface area contributed by atoms with Crippen LogP contribution in [0.5, 0.6) is 0 Å². The molecule has 3 rings (SSSR count). The van der Waals surface area contributed by atoms with Gasteiger partial charge in [0.05, 0.1) is 11.6 Å². The largest absolute Gasteiger partial charge is 0.335 e. The molecule has 0 N–H and O–H groups in total. The van der Waals surface area contributed by atoms with Gasteiger partial charge in [0.25, 0.3) is 0 Å². The van der Waals surface area contributed by atoms with E-state index in [2.05, 4.69) is 46.8 Å². The lowest BCUT2D eigenvalue weighted by atomic mass is 10.1. The van der Waals surface area contributed by atoms with Crippen molar-refractivity contribution in [2.75, 3.05) is 0 Å². The van der Waals surface area contributed by atoms with Crippen molar-refractivity contribution >= 4 is 16.4 Å². The molecule has 0 saturated heterocycles. The first-order chi connectivity index (χ1) is 9.36. The average molecular weight is 295 g/mol. The fourth-order valence-electron chi connectivity index (χ4n) is 1.91. The molecule has 1 aromatic carbocycles. The first-order valence-corrected chi connectivity index (χ1v) is 6.86. The second-order valence-corrected chi connectivity index (χ2v) is 4.82. The lowest BCUT2D eigenvalue weighted by molar-refractivity contribution is -2.00. The van der Waals surface area contributed by atoms with Crippen molar-refractivity contribution in [3.8, 4) is 0 Å². The molecule has 0 amide bonds. The number of nitrogens with zero attached hydrogens (tertiary/aromatic N) is 2. The minimum atomic E-state index is -4.94. The van der Waals surface area contributed by atoms with Crippen LogP contribution in [0, 0.1) is 17.2 Å². The fourth-order valence-corrected chi connectivity index (χ4v) is 1.91. The molecule has 0 aliphatic heterocycles. The lowest BCUT2D eigenvalue weighted by Crippen LogP contribution is -2.68. The molecule has 0 aliphatic rings. The molecule has 7 heteroatoms. The van der Waals surface area contributed by atoms with E-state index < -0.39 is 10.2 Å². The maximum absolute atomic E-state index is 8.49. The molecule has 0 saturated carbocycles. The Hall–Kier alpha value is -1.83. The predicted octanol–water partition coefficient (Wildman–Crippen LogP) is -2.47. The Morgan fingerprint density at radius 1 is 1.00 bits per heavy atom. The van der Waals surface area contributed by atoms with E-state index in [-0.39, 0.29) is 0 Å². The van der Waals surface area contributed by atoms with Crippen LogP contribution in [-0.4, -0.2) is 4.98 Å². The maximum atomic E-state index is 8.49. The fraction of sp³-hybridized carbons (Fsp3) is 0.0769. The third-order valence-corrected chi connectivity index (χ3v) is 2.73. The Morgan fingerprint density at radius 2 is 1.65 bits per heavy atom. The predicted molar refractivity (Wildman–Crippen MR) is 59.6 cm³/mol. The Kier molecular flexibility index (Phi) is 4.12. The topological polar surface area (TPSA) is 109 Å². The minimum absolute atomic E-state index is 1.02. The van der Waals surface area contributed by atoms with E-state index in [9.17, 15) is 0 Å². The Balaban J connectivity index is 0.000000257. The van der Waals surface area contributed by atoms with Gasteiger partial charge in [-0.2, -0.15) is 0 Å². The van der Waals surface area contributed by atoms with Crippen LogP contribution < -0.4 is 23.0 Å². The lowest BCUT2D eigenvalue weighted by Gasteiger charge is -2.17. The van der Waals surface area contributed by atoms with Gasteiger partial charge in [0, 0.05) is 6.07 Å². The highest BCUT2D eigenvalue weighted by Crippen LogP contribution is 2.14. The van der Waals surface area contributed by atoms with E-state index in [1.807, 2.05) is 18.3 Å². The summed E-state index contributed by atoms with van der Waals surface area (Å²) >= 11 is 0. The van der Waals surface area contributed by atoms with Crippen LogP contribution in [0.15, 0.2) is 48.8 Å². The van der Waals surface area contributed by atoms with Crippen LogP contribution in [0.3, 0.4) is 0 Å². The smallest absolute Gasteiger partial charge is 0.222 e. The number of benzene rings is 1. The van der Waals surface area contributed by atoms with Crippen LogP contribution in [-0.2, 0) is 0 Å². The summed E-state index contributed by atoms with van der Waals surface area (Å²) in [5.41, 5.74) is 2.22. The number of hydrogen-bond acceptors (Lipinski definition) is 5. The third kappa shape index (κ3) is 3.60. The molecule has 0 atom stereocenters. The molecule has 0 spiro atoms. The zero-order valence-corrected chi connectivity index (χ0v) is 11.3. The maximum Gasteiger partial charge on any atom is 0.335 e. The summed E-state index contributed by atoms with van der Waals surface area (Å²) in [5.74, 6) is 0. The van der Waals surface area contributed by atoms with Gasteiger partial charge in [-0.15, -0.1) is 10.2 Å². The molecule has 2 heterocycles. The molecule has 2 aromatic heterocycles. The van der Waals surface area contributed by atoms with Crippen molar-refractivity contribution in [2.45, 2.75) is 6.92 Å². The molecule has 104 valence electrons. The molecule has 3 aromatic rings. The van der Waals surface area contributed by atoms with Gasteiger partial charge in [-0.05, 0) is 29.4 Å². The number of fused-ring (bicyclic) bond motifs is 3.